The van der Waals surface area contributed by atoms with Gasteiger partial charge in [0.1, 0.15) is 17.6 Å². The van der Waals surface area contributed by atoms with E-state index in [1.165, 1.54) is 0 Å². The van der Waals surface area contributed by atoms with Crippen molar-refractivity contribution in [3.8, 4) is 17.2 Å². The number of hydrogen-bond donors (Lipinski definition) is 1. The average molecular weight is 528 g/mol. The number of Topliss-reactive ketones (excluding diaryl/α,β-unsaturated/α-hetero) is 1. The van der Waals surface area contributed by atoms with E-state index in [2.05, 4.69) is 0 Å². The van der Waals surface area contributed by atoms with E-state index in [4.69, 9.17) is 14.2 Å². The molecule has 1 N–H and O–H groups in total. The van der Waals surface area contributed by atoms with Crippen molar-refractivity contribution in [2.24, 2.45) is 0 Å². The van der Waals surface area contributed by atoms with Crippen LogP contribution in [-0.2, 0) is 22.4 Å². The van der Waals surface area contributed by atoms with E-state index >= 15 is 0 Å². The van der Waals surface area contributed by atoms with Gasteiger partial charge in [0, 0.05) is 18.5 Å². The Morgan fingerprint density at radius 1 is 0.974 bits per heavy atom. The molecule has 2 atom stereocenters. The first-order valence-corrected chi connectivity index (χ1v) is 13.4. The Morgan fingerprint density at radius 2 is 1.72 bits per heavy atom. The summed E-state index contributed by atoms with van der Waals surface area (Å²) >= 11 is 0. The number of hydrogen-bond acceptors (Lipinski definition) is 6. The molecule has 1 saturated heterocycles. The molecule has 202 valence electrons. The minimum absolute atomic E-state index is 0.0433. The van der Waals surface area contributed by atoms with Crippen LogP contribution < -0.4 is 14.2 Å². The van der Waals surface area contributed by atoms with Gasteiger partial charge in [0.05, 0.1) is 24.8 Å². The zero-order valence-electron chi connectivity index (χ0n) is 22.5. The summed E-state index contributed by atoms with van der Waals surface area (Å²) in [6.45, 7) is 6.96. The Kier molecular flexibility index (Phi) is 7.59. The highest BCUT2D eigenvalue weighted by molar-refractivity contribution is 6.46. The number of carbonyl (C=O) groups excluding carboxylic acids is 2. The summed E-state index contributed by atoms with van der Waals surface area (Å²) in [6.07, 6.45) is 1.32. The van der Waals surface area contributed by atoms with Gasteiger partial charge in [-0.2, -0.15) is 0 Å². The van der Waals surface area contributed by atoms with Crippen LogP contribution in [-0.4, -0.2) is 47.6 Å². The van der Waals surface area contributed by atoms with Gasteiger partial charge in [-0.15, -0.1) is 0 Å². The molecule has 1 amide bonds. The van der Waals surface area contributed by atoms with Crippen LogP contribution in [0.25, 0.3) is 5.76 Å². The molecule has 5 rings (SSSR count). The fourth-order valence-corrected chi connectivity index (χ4v) is 5.31. The summed E-state index contributed by atoms with van der Waals surface area (Å²) in [6, 6.07) is 19.8. The first-order chi connectivity index (χ1) is 18.9. The SMILES string of the molecule is CCOc1ccc([C@H]2C(=C(O)c3ccc4c(c3)C[C@@H](C)O4)C(=O)C(=O)N2CCc2ccccc2)cc1OCC. The predicted molar refractivity (Wildman–Crippen MR) is 148 cm³/mol. The van der Waals surface area contributed by atoms with Gasteiger partial charge in [-0.1, -0.05) is 36.4 Å². The fourth-order valence-electron chi connectivity index (χ4n) is 5.31. The zero-order valence-corrected chi connectivity index (χ0v) is 22.5. The minimum Gasteiger partial charge on any atom is -0.507 e. The topological polar surface area (TPSA) is 85.3 Å². The summed E-state index contributed by atoms with van der Waals surface area (Å²) in [4.78, 5) is 28.5. The number of benzene rings is 3. The molecule has 0 radical (unpaired) electrons. The molecule has 3 aromatic carbocycles. The summed E-state index contributed by atoms with van der Waals surface area (Å²) in [7, 11) is 0. The van der Waals surface area contributed by atoms with Crippen molar-refractivity contribution in [2.45, 2.75) is 45.8 Å². The molecule has 0 unspecified atom stereocenters. The molecule has 0 bridgehead atoms. The monoisotopic (exact) mass is 527 g/mol. The lowest BCUT2D eigenvalue weighted by molar-refractivity contribution is -0.139. The van der Waals surface area contributed by atoms with Crippen molar-refractivity contribution < 1.29 is 28.9 Å². The number of ketones is 1. The Hall–Kier alpha value is -4.26. The highest BCUT2D eigenvalue weighted by Gasteiger charge is 2.46. The maximum Gasteiger partial charge on any atom is 0.295 e. The largest absolute Gasteiger partial charge is 0.507 e. The fraction of sp³-hybridized carbons (Fsp3) is 0.312. The molecule has 1 fully saturated rings. The Morgan fingerprint density at radius 3 is 2.46 bits per heavy atom. The zero-order chi connectivity index (χ0) is 27.5. The van der Waals surface area contributed by atoms with Gasteiger partial charge < -0.3 is 24.2 Å². The molecule has 2 aliphatic rings. The molecular formula is C32H33NO6. The Bertz CT molecular complexity index is 1410. The summed E-state index contributed by atoms with van der Waals surface area (Å²) in [5.74, 6) is 0.331. The molecule has 7 nitrogen and oxygen atoms in total. The number of carbonyl (C=O) groups is 2. The lowest BCUT2D eigenvalue weighted by atomic mass is 9.94. The van der Waals surface area contributed by atoms with Crippen molar-refractivity contribution in [1.29, 1.82) is 0 Å². The number of nitrogens with zero attached hydrogens (tertiary/aromatic N) is 1. The first-order valence-electron chi connectivity index (χ1n) is 13.4. The average Bonchev–Trinajstić information content (AvgIpc) is 3.44. The normalized spacial score (nSPS) is 19.6. The highest BCUT2D eigenvalue weighted by atomic mass is 16.5. The highest BCUT2D eigenvalue weighted by Crippen LogP contribution is 2.43. The van der Waals surface area contributed by atoms with E-state index in [0.29, 0.717) is 55.2 Å². The second kappa shape index (κ2) is 11.2. The van der Waals surface area contributed by atoms with Gasteiger partial charge in [-0.25, -0.2) is 0 Å². The van der Waals surface area contributed by atoms with Crippen molar-refractivity contribution in [2.75, 3.05) is 19.8 Å². The molecule has 0 spiro atoms. The number of ether oxygens (including phenoxy) is 3. The van der Waals surface area contributed by atoms with Crippen LogP contribution >= 0.6 is 0 Å². The Balaban J connectivity index is 1.60. The van der Waals surface area contributed by atoms with Crippen molar-refractivity contribution in [3.05, 3.63) is 94.6 Å². The molecule has 0 aromatic heterocycles. The van der Waals surface area contributed by atoms with Crippen molar-refractivity contribution in [3.63, 3.8) is 0 Å². The second-order valence-electron chi connectivity index (χ2n) is 9.76. The van der Waals surface area contributed by atoms with Crippen molar-refractivity contribution >= 4 is 17.4 Å². The van der Waals surface area contributed by atoms with Gasteiger partial charge in [-0.05, 0) is 74.2 Å². The molecular weight excluding hydrogens is 494 g/mol. The van der Waals surface area contributed by atoms with E-state index in [9.17, 15) is 14.7 Å². The third kappa shape index (κ3) is 5.21. The number of aliphatic hydroxyl groups is 1. The van der Waals surface area contributed by atoms with Gasteiger partial charge in [-0.3, -0.25) is 9.59 Å². The first kappa shape index (κ1) is 26.4. The molecule has 2 heterocycles. The third-order valence-corrected chi connectivity index (χ3v) is 7.08. The molecule has 7 heteroatoms. The van der Waals surface area contributed by atoms with E-state index in [0.717, 1.165) is 16.9 Å². The van der Waals surface area contributed by atoms with Gasteiger partial charge in [0.15, 0.2) is 11.5 Å². The Labute approximate surface area is 228 Å². The smallest absolute Gasteiger partial charge is 0.295 e. The number of aliphatic hydroxyl groups excluding tert-OH is 1. The van der Waals surface area contributed by atoms with Crippen molar-refractivity contribution in [1.82, 2.24) is 4.90 Å². The van der Waals surface area contributed by atoms with E-state index in [-0.39, 0.29) is 17.4 Å². The quantitative estimate of drug-likeness (QED) is 0.226. The lowest BCUT2D eigenvalue weighted by Gasteiger charge is -2.26. The summed E-state index contributed by atoms with van der Waals surface area (Å²) in [5, 5.41) is 11.5. The molecule has 0 saturated carbocycles. The predicted octanol–water partition coefficient (Wildman–Crippen LogP) is 5.47. The van der Waals surface area contributed by atoms with Crippen LogP contribution in [0.5, 0.6) is 17.2 Å². The maximum atomic E-state index is 13.5. The number of fused-ring (bicyclic) bond motifs is 1. The number of amides is 1. The summed E-state index contributed by atoms with van der Waals surface area (Å²) in [5.41, 5.74) is 3.21. The lowest BCUT2D eigenvalue weighted by Crippen LogP contribution is -2.31. The number of likely N-dealkylation sites (tertiary alicyclic amines) is 1. The van der Waals surface area contributed by atoms with Crippen LogP contribution in [0.3, 0.4) is 0 Å². The number of rotatable bonds is 9. The summed E-state index contributed by atoms with van der Waals surface area (Å²) < 4.78 is 17.4. The van der Waals surface area contributed by atoms with Gasteiger partial charge in [0.2, 0.25) is 0 Å². The van der Waals surface area contributed by atoms with E-state index < -0.39 is 17.7 Å². The second-order valence-corrected chi connectivity index (χ2v) is 9.76. The third-order valence-electron chi connectivity index (χ3n) is 7.08. The van der Waals surface area contributed by atoms with Crippen LogP contribution in [0.15, 0.2) is 72.3 Å². The van der Waals surface area contributed by atoms with Gasteiger partial charge in [0.25, 0.3) is 11.7 Å². The molecule has 2 aliphatic heterocycles. The van der Waals surface area contributed by atoms with Crippen LogP contribution in [0.2, 0.25) is 0 Å². The van der Waals surface area contributed by atoms with Gasteiger partial charge >= 0.3 is 0 Å². The van der Waals surface area contributed by atoms with Crippen LogP contribution in [0, 0.1) is 0 Å². The van der Waals surface area contributed by atoms with E-state index in [1.807, 2.05) is 63.2 Å². The van der Waals surface area contributed by atoms with Crippen LogP contribution in [0.1, 0.15) is 49.1 Å². The van der Waals surface area contributed by atoms with E-state index in [1.54, 1.807) is 29.2 Å². The van der Waals surface area contributed by atoms with Crippen LogP contribution in [0.4, 0.5) is 0 Å². The molecule has 3 aromatic rings. The standard InChI is InChI=1S/C32H33NO6/c1-4-37-26-14-11-22(19-27(26)38-5-2)29-28(30(34)23-12-13-25-24(18-23)17-20(3)39-25)31(35)32(36)33(29)16-15-21-9-7-6-8-10-21/h6-14,18-20,29,34H,4-5,15-17H2,1-3H3/t20-,29+/m1/s1. The minimum atomic E-state index is -0.785. The molecule has 39 heavy (non-hydrogen) atoms. The maximum absolute atomic E-state index is 13.5. The molecule has 0 aliphatic carbocycles.